The second-order valence-electron chi connectivity index (χ2n) is 6.60. The number of rotatable bonds is 4. The lowest BCUT2D eigenvalue weighted by atomic mass is 9.85. The first-order valence-electron chi connectivity index (χ1n) is 8.17. The van der Waals surface area contributed by atoms with Gasteiger partial charge in [-0.15, -0.1) is 24.0 Å². The molecule has 3 rings (SSSR count). The summed E-state index contributed by atoms with van der Waals surface area (Å²) < 4.78 is 0. The number of guanidine groups is 1. The van der Waals surface area contributed by atoms with Crippen molar-refractivity contribution in [3.05, 3.63) is 34.5 Å². The van der Waals surface area contributed by atoms with Crippen molar-refractivity contribution in [1.29, 1.82) is 0 Å². The van der Waals surface area contributed by atoms with Crippen LogP contribution in [0.1, 0.15) is 41.6 Å². The molecule has 0 radical (unpaired) electrons. The standard InChI is InChI=1S/C18H26N4.HI/c1-11-7-15(17-16(8-11)12(2)13(3)22-17)10-21-18(19)20-9-14-5-4-6-14;/h7-8,14,22H,4-6,9-10H2,1-3H3,(H3,19,20,21);1H. The summed E-state index contributed by atoms with van der Waals surface area (Å²) in [5.41, 5.74) is 12.2. The summed E-state index contributed by atoms with van der Waals surface area (Å²) in [6, 6.07) is 4.43. The minimum atomic E-state index is 0. The van der Waals surface area contributed by atoms with Crippen LogP contribution in [-0.2, 0) is 6.54 Å². The number of aryl methyl sites for hydroxylation is 3. The number of aromatic amines is 1. The molecule has 0 aliphatic heterocycles. The van der Waals surface area contributed by atoms with Crippen molar-refractivity contribution < 1.29 is 0 Å². The Bertz CT molecular complexity index is 713. The van der Waals surface area contributed by atoms with E-state index in [9.17, 15) is 0 Å². The van der Waals surface area contributed by atoms with Crippen LogP contribution in [0.4, 0.5) is 0 Å². The van der Waals surface area contributed by atoms with Gasteiger partial charge in [-0.05, 0) is 56.7 Å². The number of aromatic nitrogens is 1. The summed E-state index contributed by atoms with van der Waals surface area (Å²) in [4.78, 5) is 8.00. The Morgan fingerprint density at radius 3 is 2.70 bits per heavy atom. The molecule has 5 heteroatoms. The number of halogens is 1. The van der Waals surface area contributed by atoms with Crippen LogP contribution in [0.2, 0.25) is 0 Å². The molecule has 1 fully saturated rings. The van der Waals surface area contributed by atoms with Gasteiger partial charge in [0, 0.05) is 17.6 Å². The molecular formula is C18H27IN4. The van der Waals surface area contributed by atoms with Crippen LogP contribution in [0, 0.1) is 26.7 Å². The molecule has 4 nitrogen and oxygen atoms in total. The van der Waals surface area contributed by atoms with Gasteiger partial charge < -0.3 is 16.0 Å². The fraction of sp³-hybridized carbons (Fsp3) is 0.500. The van der Waals surface area contributed by atoms with Crippen molar-refractivity contribution in [2.45, 2.75) is 46.6 Å². The molecular weight excluding hydrogens is 399 g/mol. The highest BCUT2D eigenvalue weighted by atomic mass is 127. The van der Waals surface area contributed by atoms with Crippen molar-refractivity contribution >= 4 is 40.8 Å². The molecule has 1 aliphatic carbocycles. The van der Waals surface area contributed by atoms with E-state index in [1.165, 1.54) is 52.5 Å². The maximum atomic E-state index is 5.99. The summed E-state index contributed by atoms with van der Waals surface area (Å²) >= 11 is 0. The highest BCUT2D eigenvalue weighted by Crippen LogP contribution is 2.27. The molecule has 1 aromatic carbocycles. The zero-order chi connectivity index (χ0) is 15.7. The fourth-order valence-electron chi connectivity index (χ4n) is 3.08. The topological polar surface area (TPSA) is 66.2 Å². The Morgan fingerprint density at radius 2 is 2.04 bits per heavy atom. The number of hydrogen-bond donors (Lipinski definition) is 3. The second-order valence-corrected chi connectivity index (χ2v) is 6.60. The zero-order valence-electron chi connectivity index (χ0n) is 14.2. The third-order valence-corrected chi connectivity index (χ3v) is 4.86. The number of hydrogen-bond acceptors (Lipinski definition) is 1. The minimum absolute atomic E-state index is 0. The van der Waals surface area contributed by atoms with Crippen molar-refractivity contribution in [2.24, 2.45) is 16.6 Å². The molecule has 1 aliphatic rings. The van der Waals surface area contributed by atoms with Crippen molar-refractivity contribution in [2.75, 3.05) is 6.54 Å². The summed E-state index contributed by atoms with van der Waals surface area (Å²) in [6.07, 6.45) is 4.00. The third-order valence-electron chi connectivity index (χ3n) is 4.86. The van der Waals surface area contributed by atoms with Crippen LogP contribution in [0.25, 0.3) is 10.9 Å². The molecule has 0 spiro atoms. The molecule has 0 saturated heterocycles. The maximum absolute atomic E-state index is 5.99. The summed E-state index contributed by atoms with van der Waals surface area (Å²) in [5, 5.41) is 4.55. The van der Waals surface area contributed by atoms with Crippen LogP contribution >= 0.6 is 24.0 Å². The lowest BCUT2D eigenvalue weighted by Gasteiger charge is -2.25. The summed E-state index contributed by atoms with van der Waals surface area (Å²) in [7, 11) is 0. The van der Waals surface area contributed by atoms with E-state index in [4.69, 9.17) is 5.73 Å². The van der Waals surface area contributed by atoms with Crippen LogP contribution < -0.4 is 11.1 Å². The predicted octanol–water partition coefficient (Wildman–Crippen LogP) is 3.92. The van der Waals surface area contributed by atoms with Gasteiger partial charge in [-0.1, -0.05) is 18.1 Å². The molecule has 4 N–H and O–H groups in total. The molecule has 0 unspecified atom stereocenters. The number of fused-ring (bicyclic) bond motifs is 1. The van der Waals surface area contributed by atoms with Gasteiger partial charge in [-0.25, -0.2) is 4.99 Å². The van der Waals surface area contributed by atoms with Gasteiger partial charge in [-0.3, -0.25) is 0 Å². The lowest BCUT2D eigenvalue weighted by Crippen LogP contribution is -2.37. The van der Waals surface area contributed by atoms with Gasteiger partial charge >= 0.3 is 0 Å². The Balaban J connectivity index is 0.00000192. The number of aliphatic imine (C=N–C) groups is 1. The van der Waals surface area contributed by atoms with E-state index in [2.05, 4.69) is 48.2 Å². The van der Waals surface area contributed by atoms with Gasteiger partial charge in [0.15, 0.2) is 5.96 Å². The lowest BCUT2D eigenvalue weighted by molar-refractivity contribution is 0.315. The molecule has 1 saturated carbocycles. The Hall–Kier alpha value is -1.24. The Morgan fingerprint density at radius 1 is 1.30 bits per heavy atom. The normalized spacial score (nSPS) is 15.3. The molecule has 0 bridgehead atoms. The highest BCUT2D eigenvalue weighted by Gasteiger charge is 2.16. The zero-order valence-corrected chi connectivity index (χ0v) is 16.5. The number of nitrogens with one attached hydrogen (secondary N) is 2. The average molecular weight is 426 g/mol. The number of benzene rings is 1. The fourth-order valence-corrected chi connectivity index (χ4v) is 3.08. The average Bonchev–Trinajstić information content (AvgIpc) is 2.71. The Labute approximate surface area is 155 Å². The van der Waals surface area contributed by atoms with E-state index in [0.29, 0.717) is 12.5 Å². The van der Waals surface area contributed by atoms with E-state index >= 15 is 0 Å². The van der Waals surface area contributed by atoms with Crippen molar-refractivity contribution in [3.8, 4) is 0 Å². The molecule has 0 amide bonds. The maximum Gasteiger partial charge on any atom is 0.188 e. The molecule has 1 heterocycles. The monoisotopic (exact) mass is 426 g/mol. The molecule has 0 atom stereocenters. The first-order valence-corrected chi connectivity index (χ1v) is 8.17. The van der Waals surface area contributed by atoms with E-state index in [1.807, 2.05) is 0 Å². The van der Waals surface area contributed by atoms with Crippen LogP contribution in [-0.4, -0.2) is 17.5 Å². The smallest absolute Gasteiger partial charge is 0.188 e. The molecule has 23 heavy (non-hydrogen) atoms. The summed E-state index contributed by atoms with van der Waals surface area (Å²) in [6.45, 7) is 7.98. The first kappa shape index (κ1) is 18.1. The molecule has 2 aromatic rings. The highest BCUT2D eigenvalue weighted by molar-refractivity contribution is 14.0. The molecule has 126 valence electrons. The van der Waals surface area contributed by atoms with Gasteiger partial charge in [0.1, 0.15) is 0 Å². The van der Waals surface area contributed by atoms with Crippen LogP contribution in [0.3, 0.4) is 0 Å². The van der Waals surface area contributed by atoms with Gasteiger partial charge in [0.2, 0.25) is 0 Å². The van der Waals surface area contributed by atoms with E-state index < -0.39 is 0 Å². The summed E-state index contributed by atoms with van der Waals surface area (Å²) in [5.74, 6) is 1.34. The van der Waals surface area contributed by atoms with Crippen LogP contribution in [0.15, 0.2) is 17.1 Å². The van der Waals surface area contributed by atoms with E-state index in [1.54, 1.807) is 0 Å². The predicted molar refractivity (Wildman–Crippen MR) is 109 cm³/mol. The third kappa shape index (κ3) is 4.00. The SMILES string of the molecule is Cc1cc(CN=C(N)NCC2CCC2)c2[nH]c(C)c(C)c2c1.I. The Kier molecular flexibility index (Phi) is 5.95. The first-order chi connectivity index (χ1) is 10.5. The number of H-pyrrole nitrogens is 1. The van der Waals surface area contributed by atoms with E-state index in [0.717, 1.165) is 12.5 Å². The quantitative estimate of drug-likeness (QED) is 0.394. The number of nitrogens with zero attached hydrogens (tertiary/aromatic N) is 1. The van der Waals surface area contributed by atoms with Crippen LogP contribution in [0.5, 0.6) is 0 Å². The van der Waals surface area contributed by atoms with Gasteiger partial charge in [-0.2, -0.15) is 0 Å². The van der Waals surface area contributed by atoms with Crippen molar-refractivity contribution in [1.82, 2.24) is 10.3 Å². The van der Waals surface area contributed by atoms with E-state index in [-0.39, 0.29) is 24.0 Å². The largest absolute Gasteiger partial charge is 0.370 e. The van der Waals surface area contributed by atoms with Gasteiger partial charge in [0.25, 0.3) is 0 Å². The molecule has 1 aromatic heterocycles. The number of nitrogens with two attached hydrogens (primary N) is 1. The second kappa shape index (κ2) is 7.55. The minimum Gasteiger partial charge on any atom is -0.370 e. The van der Waals surface area contributed by atoms with Gasteiger partial charge in [0.05, 0.1) is 12.1 Å². The van der Waals surface area contributed by atoms with Crippen molar-refractivity contribution in [3.63, 3.8) is 0 Å².